The van der Waals surface area contributed by atoms with E-state index in [1.54, 1.807) is 20.4 Å². The molecule has 0 bridgehead atoms. The Morgan fingerprint density at radius 2 is 2.05 bits per heavy atom. The Bertz CT molecular complexity index is 603. The van der Waals surface area contributed by atoms with Crippen LogP contribution in [0.2, 0.25) is 5.02 Å². The fourth-order valence-corrected chi connectivity index (χ4v) is 2.09. The van der Waals surface area contributed by atoms with E-state index in [0.29, 0.717) is 29.8 Å². The van der Waals surface area contributed by atoms with Crippen molar-refractivity contribution in [2.75, 3.05) is 14.2 Å². The van der Waals surface area contributed by atoms with E-state index in [4.69, 9.17) is 20.8 Å². The van der Waals surface area contributed by atoms with Crippen LogP contribution in [0.5, 0.6) is 5.75 Å². The number of ether oxygens (including phenoxy) is 1. The van der Waals surface area contributed by atoms with Gasteiger partial charge in [0.1, 0.15) is 11.5 Å². The number of hydrogen-bond acceptors (Lipinski definition) is 3. The highest BCUT2D eigenvalue weighted by Gasteiger charge is 2.03. The summed E-state index contributed by atoms with van der Waals surface area (Å²) in [7, 11) is 3.32. The van der Waals surface area contributed by atoms with Gasteiger partial charge >= 0.3 is 0 Å². The summed E-state index contributed by atoms with van der Waals surface area (Å²) in [5.41, 5.74) is 1.04. The number of halogens is 2. The molecule has 2 rings (SSSR count). The Labute approximate surface area is 152 Å². The number of nitrogens with zero attached hydrogens (tertiary/aromatic N) is 1. The van der Waals surface area contributed by atoms with E-state index in [1.165, 1.54) is 0 Å². The van der Waals surface area contributed by atoms with E-state index < -0.39 is 0 Å². The molecule has 5 nitrogen and oxygen atoms in total. The first-order valence-corrected chi connectivity index (χ1v) is 6.90. The van der Waals surface area contributed by atoms with E-state index in [9.17, 15) is 0 Å². The average molecular weight is 436 g/mol. The largest absolute Gasteiger partial charge is 0.495 e. The second-order valence-electron chi connectivity index (χ2n) is 4.33. The summed E-state index contributed by atoms with van der Waals surface area (Å²) in [4.78, 5) is 4.15. The number of nitrogens with one attached hydrogen (secondary N) is 2. The number of benzene rings is 1. The lowest BCUT2D eigenvalue weighted by molar-refractivity contribution is 0.415. The fourth-order valence-electron chi connectivity index (χ4n) is 1.81. The van der Waals surface area contributed by atoms with Crippen LogP contribution in [0.25, 0.3) is 0 Å². The summed E-state index contributed by atoms with van der Waals surface area (Å²) in [6.07, 6.45) is 1.65. The maximum Gasteiger partial charge on any atom is 0.191 e. The molecular formula is C15H19ClIN3O2. The quantitative estimate of drug-likeness (QED) is 0.429. The van der Waals surface area contributed by atoms with Crippen molar-refractivity contribution in [2.24, 2.45) is 4.99 Å². The molecule has 0 atom stereocenters. The van der Waals surface area contributed by atoms with Gasteiger partial charge in [-0.2, -0.15) is 0 Å². The van der Waals surface area contributed by atoms with Crippen molar-refractivity contribution in [1.29, 1.82) is 0 Å². The molecule has 120 valence electrons. The lowest BCUT2D eigenvalue weighted by atomic mass is 10.2. The molecule has 22 heavy (non-hydrogen) atoms. The van der Waals surface area contributed by atoms with Crippen molar-refractivity contribution in [3.63, 3.8) is 0 Å². The van der Waals surface area contributed by atoms with Crippen molar-refractivity contribution in [3.05, 3.63) is 52.9 Å². The minimum absolute atomic E-state index is 0. The van der Waals surface area contributed by atoms with Gasteiger partial charge in [-0.25, -0.2) is 0 Å². The maximum atomic E-state index is 6.10. The second kappa shape index (κ2) is 9.58. The number of methoxy groups -OCH3 is 1. The first-order valence-electron chi connectivity index (χ1n) is 6.52. The minimum Gasteiger partial charge on any atom is -0.495 e. The highest BCUT2D eigenvalue weighted by atomic mass is 127. The van der Waals surface area contributed by atoms with Gasteiger partial charge in [-0.05, 0) is 29.8 Å². The summed E-state index contributed by atoms with van der Waals surface area (Å²) >= 11 is 6.10. The first-order chi connectivity index (χ1) is 10.2. The van der Waals surface area contributed by atoms with Crippen LogP contribution in [0, 0.1) is 0 Å². The molecule has 1 aromatic carbocycles. The molecule has 1 aromatic heterocycles. The highest BCUT2D eigenvalue weighted by molar-refractivity contribution is 14.0. The number of guanidine groups is 1. The van der Waals surface area contributed by atoms with Crippen LogP contribution < -0.4 is 15.4 Å². The molecule has 2 N–H and O–H groups in total. The molecule has 0 aliphatic heterocycles. The van der Waals surface area contributed by atoms with Gasteiger partial charge in [0.25, 0.3) is 0 Å². The fraction of sp³-hybridized carbons (Fsp3) is 0.267. The molecule has 0 saturated heterocycles. The third kappa shape index (κ3) is 5.42. The van der Waals surface area contributed by atoms with Crippen molar-refractivity contribution in [1.82, 2.24) is 10.6 Å². The Balaban J connectivity index is 0.00000242. The summed E-state index contributed by atoms with van der Waals surface area (Å²) in [6.45, 7) is 1.19. The van der Waals surface area contributed by atoms with Gasteiger partial charge in [0, 0.05) is 13.6 Å². The smallest absolute Gasteiger partial charge is 0.191 e. The van der Waals surface area contributed by atoms with Gasteiger partial charge < -0.3 is 19.8 Å². The van der Waals surface area contributed by atoms with Crippen LogP contribution in [0.15, 0.2) is 46.0 Å². The standard InChI is InChI=1S/C15H18ClN3O2.HI/c1-17-15(19-10-12-4-3-7-21-12)18-9-11-5-6-14(20-2)13(16)8-11;/h3-8H,9-10H2,1-2H3,(H2,17,18,19);1H. The Hall–Kier alpha value is -1.41. The molecule has 0 aliphatic rings. The molecule has 0 saturated carbocycles. The molecule has 0 fully saturated rings. The molecule has 0 aliphatic carbocycles. The summed E-state index contributed by atoms with van der Waals surface area (Å²) in [5, 5.41) is 6.97. The van der Waals surface area contributed by atoms with Crippen molar-refractivity contribution >= 4 is 41.5 Å². The Morgan fingerprint density at radius 1 is 1.27 bits per heavy atom. The zero-order valence-corrected chi connectivity index (χ0v) is 15.5. The average Bonchev–Trinajstić information content (AvgIpc) is 3.01. The molecule has 0 amide bonds. The molecule has 1 heterocycles. The number of hydrogen-bond donors (Lipinski definition) is 2. The van der Waals surface area contributed by atoms with E-state index >= 15 is 0 Å². The molecule has 2 aromatic rings. The SMILES string of the molecule is CN=C(NCc1ccc(OC)c(Cl)c1)NCc1ccco1.I. The molecule has 0 radical (unpaired) electrons. The monoisotopic (exact) mass is 435 g/mol. The van der Waals surface area contributed by atoms with Crippen molar-refractivity contribution < 1.29 is 9.15 Å². The topological polar surface area (TPSA) is 58.8 Å². The van der Waals surface area contributed by atoms with E-state index in [2.05, 4.69) is 15.6 Å². The van der Waals surface area contributed by atoms with Gasteiger partial charge in [0.15, 0.2) is 5.96 Å². The normalized spacial score (nSPS) is 10.8. The van der Waals surface area contributed by atoms with E-state index in [1.807, 2.05) is 30.3 Å². The van der Waals surface area contributed by atoms with Gasteiger partial charge in [-0.1, -0.05) is 17.7 Å². The zero-order chi connectivity index (χ0) is 15.1. The second-order valence-corrected chi connectivity index (χ2v) is 4.73. The van der Waals surface area contributed by atoms with Gasteiger partial charge in [-0.3, -0.25) is 4.99 Å². The number of aliphatic imine (C=N–C) groups is 1. The van der Waals surface area contributed by atoms with Gasteiger partial charge in [0.05, 0.1) is 24.9 Å². The van der Waals surface area contributed by atoms with Crippen LogP contribution in [0.3, 0.4) is 0 Å². The van der Waals surface area contributed by atoms with Crippen molar-refractivity contribution in [2.45, 2.75) is 13.1 Å². The third-order valence-electron chi connectivity index (χ3n) is 2.91. The Kier molecular flexibility index (Phi) is 8.11. The minimum atomic E-state index is 0. The first kappa shape index (κ1) is 18.6. The number of rotatable bonds is 5. The summed E-state index contributed by atoms with van der Waals surface area (Å²) in [6, 6.07) is 9.43. The van der Waals surface area contributed by atoms with Crippen LogP contribution in [-0.2, 0) is 13.1 Å². The zero-order valence-electron chi connectivity index (χ0n) is 12.4. The third-order valence-corrected chi connectivity index (χ3v) is 3.21. The van der Waals surface area contributed by atoms with Crippen LogP contribution in [0.1, 0.15) is 11.3 Å². The lowest BCUT2D eigenvalue weighted by Crippen LogP contribution is -2.36. The van der Waals surface area contributed by atoms with E-state index in [-0.39, 0.29) is 24.0 Å². The summed E-state index contributed by atoms with van der Waals surface area (Å²) in [5.74, 6) is 2.21. The lowest BCUT2D eigenvalue weighted by Gasteiger charge is -2.12. The van der Waals surface area contributed by atoms with E-state index in [0.717, 1.165) is 11.3 Å². The molecular weight excluding hydrogens is 417 g/mol. The molecule has 7 heteroatoms. The van der Waals surface area contributed by atoms with Crippen LogP contribution in [-0.4, -0.2) is 20.1 Å². The van der Waals surface area contributed by atoms with Crippen LogP contribution >= 0.6 is 35.6 Å². The summed E-state index contributed by atoms with van der Waals surface area (Å²) < 4.78 is 10.4. The van der Waals surface area contributed by atoms with Gasteiger partial charge in [-0.15, -0.1) is 24.0 Å². The molecule has 0 spiro atoms. The predicted octanol–water partition coefficient (Wildman–Crippen LogP) is 3.42. The molecule has 0 unspecified atom stereocenters. The van der Waals surface area contributed by atoms with Crippen LogP contribution in [0.4, 0.5) is 0 Å². The predicted molar refractivity (Wildman–Crippen MR) is 99.2 cm³/mol. The highest BCUT2D eigenvalue weighted by Crippen LogP contribution is 2.24. The van der Waals surface area contributed by atoms with Gasteiger partial charge in [0.2, 0.25) is 0 Å². The number of furan rings is 1. The maximum absolute atomic E-state index is 6.10. The Morgan fingerprint density at radius 3 is 2.64 bits per heavy atom. The van der Waals surface area contributed by atoms with Crippen molar-refractivity contribution in [3.8, 4) is 5.75 Å².